The second kappa shape index (κ2) is 8.87. The highest BCUT2D eigenvalue weighted by molar-refractivity contribution is 7.09. The number of nitrogens with one attached hydrogen (secondary N) is 2. The van der Waals surface area contributed by atoms with E-state index in [0.717, 1.165) is 16.9 Å². The second-order valence-electron chi connectivity index (χ2n) is 6.56. The summed E-state index contributed by atoms with van der Waals surface area (Å²) in [6.45, 7) is 3.97. The molecule has 1 heterocycles. The van der Waals surface area contributed by atoms with Crippen molar-refractivity contribution in [1.29, 1.82) is 0 Å². The number of aromatic amines is 1. The summed E-state index contributed by atoms with van der Waals surface area (Å²) in [5.74, 6) is 0.0163. The summed E-state index contributed by atoms with van der Waals surface area (Å²) in [6.07, 6.45) is 0.784. The lowest BCUT2D eigenvalue weighted by atomic mass is 9.86. The number of aromatic nitrogens is 1. The average molecular weight is 420 g/mol. The van der Waals surface area contributed by atoms with Crippen LogP contribution in [0, 0.1) is 6.92 Å². The third kappa shape index (κ3) is 5.10. The predicted molar refractivity (Wildman–Crippen MR) is 112 cm³/mol. The normalized spacial score (nSPS) is 13.2. The molecule has 1 aromatic heterocycles. The van der Waals surface area contributed by atoms with Crippen molar-refractivity contribution in [2.75, 3.05) is 0 Å². The number of rotatable bonds is 6. The van der Waals surface area contributed by atoms with E-state index in [1.54, 1.807) is 0 Å². The molecule has 0 saturated carbocycles. The maximum absolute atomic E-state index is 12.6. The van der Waals surface area contributed by atoms with Crippen molar-refractivity contribution >= 4 is 40.4 Å². The first kappa shape index (κ1) is 19.9. The number of aryl methyl sites for hydroxylation is 1. The lowest BCUT2D eigenvalue weighted by molar-refractivity contribution is -0.375. The number of carbonyl (C=O) groups is 1. The molecule has 2 atom stereocenters. The van der Waals surface area contributed by atoms with E-state index in [1.807, 2.05) is 67.9 Å². The number of amides is 1. The lowest BCUT2D eigenvalue weighted by Gasteiger charge is -2.25. The highest BCUT2D eigenvalue weighted by atomic mass is 35.5. The number of H-pyrrole nitrogens is 1. The zero-order valence-corrected chi connectivity index (χ0v) is 17.5. The van der Waals surface area contributed by atoms with Crippen molar-refractivity contribution in [3.8, 4) is 0 Å². The van der Waals surface area contributed by atoms with Crippen LogP contribution in [0.5, 0.6) is 0 Å². The van der Waals surface area contributed by atoms with Gasteiger partial charge in [-0.1, -0.05) is 58.8 Å². The highest BCUT2D eigenvalue weighted by Gasteiger charge is 2.25. The van der Waals surface area contributed by atoms with Gasteiger partial charge in [-0.15, -0.1) is 0 Å². The fraction of sp³-hybridized carbons (Fsp3) is 0.238. The molecule has 0 saturated heterocycles. The minimum absolute atomic E-state index is 0.0675. The maximum atomic E-state index is 12.6. The number of carbonyl (C=O) groups excluding carboxylic acids is 1. The van der Waals surface area contributed by atoms with Crippen LogP contribution in [0.2, 0.25) is 10.0 Å². The minimum atomic E-state index is -0.0867. The maximum Gasteiger partial charge on any atom is 0.317 e. The van der Waals surface area contributed by atoms with Crippen molar-refractivity contribution in [2.24, 2.45) is 0 Å². The van der Waals surface area contributed by atoms with E-state index >= 15 is 0 Å². The van der Waals surface area contributed by atoms with Crippen LogP contribution in [0.15, 0.2) is 54.0 Å². The number of benzene rings is 2. The monoisotopic (exact) mass is 419 g/mol. The first-order valence-electron chi connectivity index (χ1n) is 8.70. The molecule has 2 N–H and O–H groups in total. The summed E-state index contributed by atoms with van der Waals surface area (Å²) in [4.78, 5) is 16.6. The second-order valence-corrected chi connectivity index (χ2v) is 8.52. The van der Waals surface area contributed by atoms with Gasteiger partial charge < -0.3 is 5.32 Å². The van der Waals surface area contributed by atoms with E-state index in [4.69, 9.17) is 23.2 Å². The Hall–Kier alpha value is -1.88. The zero-order valence-electron chi connectivity index (χ0n) is 15.1. The van der Waals surface area contributed by atoms with Gasteiger partial charge in [-0.3, -0.25) is 4.79 Å². The summed E-state index contributed by atoms with van der Waals surface area (Å²) >= 11 is 13.6. The number of thiazole rings is 1. The van der Waals surface area contributed by atoms with Crippen LogP contribution in [0.1, 0.15) is 39.3 Å². The van der Waals surface area contributed by atoms with Crippen LogP contribution in [-0.4, -0.2) is 11.9 Å². The molecule has 0 bridgehead atoms. The van der Waals surface area contributed by atoms with Gasteiger partial charge in [0.2, 0.25) is 5.51 Å². The van der Waals surface area contributed by atoms with Crippen LogP contribution in [0.3, 0.4) is 0 Å². The van der Waals surface area contributed by atoms with Gasteiger partial charge in [0.25, 0.3) is 5.69 Å². The van der Waals surface area contributed by atoms with Gasteiger partial charge in [0.15, 0.2) is 0 Å². The molecule has 27 heavy (non-hydrogen) atoms. The van der Waals surface area contributed by atoms with Crippen molar-refractivity contribution < 1.29 is 9.78 Å². The quantitative estimate of drug-likeness (QED) is 0.576. The molecule has 3 aromatic rings. The van der Waals surface area contributed by atoms with Gasteiger partial charge in [-0.05, 0) is 55.7 Å². The molecule has 0 unspecified atom stereocenters. The Kier molecular flexibility index (Phi) is 6.53. The smallest absolute Gasteiger partial charge is 0.317 e. The summed E-state index contributed by atoms with van der Waals surface area (Å²) < 4.78 is 0. The van der Waals surface area contributed by atoms with Gasteiger partial charge in [0, 0.05) is 22.0 Å². The van der Waals surface area contributed by atoms with Crippen molar-refractivity contribution in [3.05, 3.63) is 85.8 Å². The SMILES string of the molecule is Cc1sc[nH+]c1C(=O)N[C@H](C)[C@H](Cc1ccc(Cl)cc1)c1ccc(Cl)cc1. The third-order valence-corrected chi connectivity index (χ3v) is 5.94. The molecular weight excluding hydrogens is 399 g/mol. The summed E-state index contributed by atoms with van der Waals surface area (Å²) in [7, 11) is 0. The third-order valence-electron chi connectivity index (χ3n) is 4.65. The average Bonchev–Trinajstić information content (AvgIpc) is 3.08. The minimum Gasteiger partial charge on any atom is -0.344 e. The van der Waals surface area contributed by atoms with E-state index in [9.17, 15) is 4.79 Å². The van der Waals surface area contributed by atoms with Crippen LogP contribution in [0.4, 0.5) is 0 Å². The number of halogens is 2. The molecule has 0 aliphatic rings. The van der Waals surface area contributed by atoms with E-state index in [2.05, 4.69) is 10.3 Å². The van der Waals surface area contributed by atoms with Gasteiger partial charge in [-0.25, -0.2) is 0 Å². The lowest BCUT2D eigenvalue weighted by Crippen LogP contribution is -2.39. The van der Waals surface area contributed by atoms with Gasteiger partial charge in [-0.2, -0.15) is 4.98 Å². The van der Waals surface area contributed by atoms with E-state index < -0.39 is 0 Å². The first-order chi connectivity index (χ1) is 12.9. The van der Waals surface area contributed by atoms with Crippen molar-refractivity contribution in [3.63, 3.8) is 0 Å². The Morgan fingerprint density at radius 1 is 1.07 bits per heavy atom. The molecule has 0 fully saturated rings. The molecule has 6 heteroatoms. The topological polar surface area (TPSA) is 43.2 Å². The molecule has 3 nitrogen and oxygen atoms in total. The Bertz CT molecular complexity index is 907. The first-order valence-corrected chi connectivity index (χ1v) is 10.3. The Morgan fingerprint density at radius 3 is 2.22 bits per heavy atom. The molecule has 0 spiro atoms. The Morgan fingerprint density at radius 2 is 1.67 bits per heavy atom. The van der Waals surface area contributed by atoms with E-state index in [0.29, 0.717) is 15.7 Å². The van der Waals surface area contributed by atoms with Crippen molar-refractivity contribution in [2.45, 2.75) is 32.2 Å². The van der Waals surface area contributed by atoms with Crippen LogP contribution >= 0.6 is 34.5 Å². The number of hydrogen-bond donors (Lipinski definition) is 1. The molecule has 140 valence electrons. The molecule has 3 rings (SSSR count). The zero-order chi connectivity index (χ0) is 19.4. The molecule has 0 aliphatic heterocycles. The standard InChI is InChI=1S/C21H20Cl2N2OS/c1-13(25-21(26)20-14(2)27-12-24-20)19(16-5-9-18(23)10-6-16)11-15-3-7-17(22)8-4-15/h3-10,12-13,19H,11H2,1-2H3,(H,25,26)/p+1/t13-,19+/m1/s1. The Labute approximate surface area is 173 Å². The molecular formula is C21H21Cl2N2OS+. The van der Waals surface area contributed by atoms with E-state index in [-0.39, 0.29) is 17.9 Å². The predicted octanol–water partition coefficient (Wildman–Crippen LogP) is 5.32. The fourth-order valence-corrected chi connectivity index (χ4v) is 3.99. The Balaban J connectivity index is 1.83. The van der Waals surface area contributed by atoms with E-state index in [1.165, 1.54) is 16.9 Å². The summed E-state index contributed by atoms with van der Waals surface area (Å²) in [6, 6.07) is 15.6. The molecule has 0 radical (unpaired) electrons. The largest absolute Gasteiger partial charge is 0.344 e. The van der Waals surface area contributed by atoms with Gasteiger partial charge in [0.05, 0.1) is 4.88 Å². The van der Waals surface area contributed by atoms with Crippen LogP contribution in [0.25, 0.3) is 0 Å². The molecule has 1 amide bonds. The van der Waals surface area contributed by atoms with Crippen molar-refractivity contribution in [1.82, 2.24) is 5.32 Å². The van der Waals surface area contributed by atoms with Crippen LogP contribution in [-0.2, 0) is 6.42 Å². The number of hydrogen-bond acceptors (Lipinski definition) is 2. The summed E-state index contributed by atoms with van der Waals surface area (Å²) in [5, 5.41) is 4.56. The summed E-state index contributed by atoms with van der Waals surface area (Å²) in [5.41, 5.74) is 4.74. The molecule has 2 aromatic carbocycles. The molecule has 0 aliphatic carbocycles. The van der Waals surface area contributed by atoms with Gasteiger partial charge >= 0.3 is 5.91 Å². The van der Waals surface area contributed by atoms with Gasteiger partial charge in [0.1, 0.15) is 0 Å². The van der Waals surface area contributed by atoms with Crippen LogP contribution < -0.4 is 10.3 Å². The highest BCUT2D eigenvalue weighted by Crippen LogP contribution is 2.27. The fourth-order valence-electron chi connectivity index (χ4n) is 3.11.